The number of benzene rings is 5. The number of nitrogens with zero attached hydrogens (tertiary/aromatic N) is 1. The molecule has 88 heavy (non-hydrogen) atoms. The maximum atomic E-state index is 13.9. The van der Waals surface area contributed by atoms with E-state index in [4.69, 9.17) is 52.4 Å². The van der Waals surface area contributed by atoms with Gasteiger partial charge in [-0.05, 0) is 212 Å². The number of aromatic nitrogens is 1. The molecule has 8 rings (SSSR count). The first-order valence-electron chi connectivity index (χ1n) is 31.1. The number of rotatable bonds is 34. The fraction of sp³-hybridized carbons (Fsp3) is 0.423. The Kier molecular flexibility index (Phi) is 25.6. The molecule has 17 heteroatoms. The van der Waals surface area contributed by atoms with E-state index in [0.29, 0.717) is 141 Å². The van der Waals surface area contributed by atoms with Crippen LogP contribution in [0.4, 0.5) is 0 Å². The lowest BCUT2D eigenvalue weighted by molar-refractivity contribution is -0.141. The van der Waals surface area contributed by atoms with E-state index in [0.717, 1.165) is 100.0 Å². The summed E-state index contributed by atoms with van der Waals surface area (Å²) in [6.45, 7) is 11.4. The van der Waals surface area contributed by atoms with Crippen LogP contribution >= 0.6 is 0 Å². The maximum absolute atomic E-state index is 13.9. The van der Waals surface area contributed by atoms with Crippen LogP contribution < -0.4 is 28.4 Å². The summed E-state index contributed by atoms with van der Waals surface area (Å²) in [5, 5.41) is 2.01. The average Bonchev–Trinajstić information content (AvgIpc) is 2.49. The van der Waals surface area contributed by atoms with Gasteiger partial charge >= 0.3 is 35.8 Å². The summed E-state index contributed by atoms with van der Waals surface area (Å²) in [7, 11) is 0. The lowest BCUT2D eigenvalue weighted by atomic mass is 9.87. The Morgan fingerprint density at radius 2 is 0.818 bits per heavy atom. The van der Waals surface area contributed by atoms with Gasteiger partial charge in [-0.25, -0.2) is 24.2 Å². The molecule has 2 aliphatic rings. The number of pyridine rings is 1. The highest BCUT2D eigenvalue weighted by Crippen LogP contribution is 2.37. The number of carbonyl (C=O) groups excluding carboxylic acids is 6. The summed E-state index contributed by atoms with van der Waals surface area (Å²) >= 11 is 0. The van der Waals surface area contributed by atoms with E-state index in [9.17, 15) is 28.8 Å². The van der Waals surface area contributed by atoms with Crippen LogP contribution in [-0.2, 0) is 38.1 Å². The first-order valence-corrected chi connectivity index (χ1v) is 31.1. The first kappa shape index (κ1) is 65.2. The summed E-state index contributed by atoms with van der Waals surface area (Å²) in [6.07, 6.45) is 16.8. The van der Waals surface area contributed by atoms with E-state index in [-0.39, 0.29) is 29.7 Å². The zero-order valence-corrected chi connectivity index (χ0v) is 50.4. The van der Waals surface area contributed by atoms with Crippen molar-refractivity contribution in [3.05, 3.63) is 146 Å². The van der Waals surface area contributed by atoms with Gasteiger partial charge in [0.25, 0.3) is 0 Å². The molecule has 1 aromatic heterocycles. The van der Waals surface area contributed by atoms with E-state index in [2.05, 4.69) is 20.1 Å². The van der Waals surface area contributed by atoms with Crippen molar-refractivity contribution in [1.29, 1.82) is 0 Å². The van der Waals surface area contributed by atoms with Gasteiger partial charge in [-0.3, -0.25) is 9.59 Å². The zero-order chi connectivity index (χ0) is 61.9. The molecule has 466 valence electrons. The van der Waals surface area contributed by atoms with Gasteiger partial charge in [0.1, 0.15) is 46.7 Å². The van der Waals surface area contributed by atoms with Gasteiger partial charge in [0, 0.05) is 22.9 Å². The largest absolute Gasteiger partial charge is 0.494 e. The van der Waals surface area contributed by atoms with Crippen LogP contribution in [-0.4, -0.2) is 86.0 Å². The van der Waals surface area contributed by atoms with Crippen LogP contribution in [0.1, 0.15) is 156 Å². The van der Waals surface area contributed by atoms with Crippen molar-refractivity contribution in [2.45, 2.75) is 148 Å². The predicted octanol–water partition coefficient (Wildman–Crippen LogP) is 15.1. The number of fused-ring (bicyclic) bond motifs is 3. The molecule has 2 saturated carbocycles. The second-order valence-electron chi connectivity index (χ2n) is 22.2. The Morgan fingerprint density at radius 1 is 0.432 bits per heavy atom. The number of esters is 6. The number of hydrogen-bond acceptors (Lipinski definition) is 17. The molecule has 0 atom stereocenters. The second-order valence-corrected chi connectivity index (χ2v) is 22.2. The molecule has 0 aliphatic heterocycles. The molecule has 1 heterocycles. The normalized spacial score (nSPS) is 16.3. The molecule has 0 radical (unpaired) electrons. The number of carbonyl (C=O) groups is 6. The molecule has 0 amide bonds. The average molecular weight is 1200 g/mol. The van der Waals surface area contributed by atoms with Gasteiger partial charge in [0.15, 0.2) is 0 Å². The van der Waals surface area contributed by atoms with Crippen molar-refractivity contribution in [2.24, 2.45) is 11.8 Å². The molecule has 0 unspecified atom stereocenters. The highest BCUT2D eigenvalue weighted by molar-refractivity contribution is 6.11. The zero-order valence-electron chi connectivity index (χ0n) is 50.4. The van der Waals surface area contributed by atoms with Gasteiger partial charge in [-0.15, -0.1) is 0 Å². The Bertz CT molecular complexity index is 3270. The third-order valence-electron chi connectivity index (χ3n) is 15.6. The molecule has 0 saturated heterocycles. The Balaban J connectivity index is 0.833. The lowest BCUT2D eigenvalue weighted by Gasteiger charge is -2.27. The Hall–Kier alpha value is -8.73. The van der Waals surface area contributed by atoms with Gasteiger partial charge in [0.05, 0.1) is 61.5 Å². The highest BCUT2D eigenvalue weighted by Gasteiger charge is 2.32. The van der Waals surface area contributed by atoms with E-state index < -0.39 is 36.1 Å². The fourth-order valence-corrected chi connectivity index (χ4v) is 10.6. The predicted molar refractivity (Wildman–Crippen MR) is 332 cm³/mol. The highest BCUT2D eigenvalue weighted by atomic mass is 16.6. The quantitative estimate of drug-likeness (QED) is 0.00919. The molecular formula is C71H81NO16. The smallest absolute Gasteiger partial charge is 0.338 e. The van der Waals surface area contributed by atoms with E-state index >= 15 is 0 Å². The van der Waals surface area contributed by atoms with E-state index in [1.165, 1.54) is 0 Å². The summed E-state index contributed by atoms with van der Waals surface area (Å²) < 4.78 is 57.7. The summed E-state index contributed by atoms with van der Waals surface area (Å²) in [5.41, 5.74) is 1.08. The minimum absolute atomic E-state index is 0.214. The molecule has 2 fully saturated rings. The summed E-state index contributed by atoms with van der Waals surface area (Å²) in [4.78, 5) is 81.4. The molecule has 0 spiro atoms. The first-order chi connectivity index (χ1) is 42.9. The Morgan fingerprint density at radius 3 is 1.25 bits per heavy atom. The van der Waals surface area contributed by atoms with Crippen LogP contribution in [0.25, 0.3) is 21.7 Å². The number of hydrogen-bond donors (Lipinski definition) is 0. The van der Waals surface area contributed by atoms with Crippen LogP contribution in [0.5, 0.6) is 40.4 Å². The van der Waals surface area contributed by atoms with Crippen LogP contribution in [0.2, 0.25) is 0 Å². The van der Waals surface area contributed by atoms with Crippen molar-refractivity contribution in [3.8, 4) is 40.4 Å². The van der Waals surface area contributed by atoms with Crippen molar-refractivity contribution in [1.82, 2.24) is 4.98 Å². The lowest BCUT2D eigenvalue weighted by Crippen LogP contribution is -2.30. The third kappa shape index (κ3) is 20.4. The molecule has 0 bridgehead atoms. The molecule has 17 nitrogen and oxygen atoms in total. The molecular weight excluding hydrogens is 1120 g/mol. The Labute approximate surface area is 514 Å². The van der Waals surface area contributed by atoms with Crippen LogP contribution in [0.3, 0.4) is 0 Å². The van der Waals surface area contributed by atoms with Crippen molar-refractivity contribution >= 4 is 57.5 Å². The van der Waals surface area contributed by atoms with Crippen molar-refractivity contribution < 1.29 is 76.1 Å². The summed E-state index contributed by atoms with van der Waals surface area (Å²) in [6, 6.07) is 31.6. The maximum Gasteiger partial charge on any atom is 0.338 e. The van der Waals surface area contributed by atoms with Crippen molar-refractivity contribution in [2.75, 3.05) is 33.0 Å². The standard InChI is InChI=1S/C71H81NO16/c1-4-7-8-13-42-79-53-28-34-56(35-29-53)84-67-63-47-51(70(77)87-57-24-18-49(19-25-57)68(75)85-59-36-30-54(31-37-59)80-43-14-9-11-16-45-82-65(73)5-2)22-40-61(63)62-41-23-52(48-64(62)72-67)71(78)88-58-26-20-50(21-27-58)69(76)86-60-38-32-55(33-39-60)81-44-15-10-12-17-46-83-66(74)6-3/h5-6,22-23,28-41,47-50,57-58H,2-4,7-21,24-27,42-46H2,1H3. The summed E-state index contributed by atoms with van der Waals surface area (Å²) in [5.74, 6) is 0.399. The van der Waals surface area contributed by atoms with E-state index in [1.807, 2.05) is 24.3 Å². The molecule has 5 aromatic carbocycles. The molecule has 6 aromatic rings. The molecule has 2 aliphatic carbocycles. The van der Waals surface area contributed by atoms with Gasteiger partial charge < -0.3 is 47.4 Å². The van der Waals surface area contributed by atoms with Gasteiger partial charge in [-0.2, -0.15) is 0 Å². The molecule has 0 N–H and O–H groups in total. The van der Waals surface area contributed by atoms with Crippen LogP contribution in [0.15, 0.2) is 135 Å². The van der Waals surface area contributed by atoms with Gasteiger partial charge in [-0.1, -0.05) is 51.5 Å². The van der Waals surface area contributed by atoms with Crippen LogP contribution in [0, 0.1) is 11.8 Å². The number of unbranched alkanes of at least 4 members (excludes halogenated alkanes) is 9. The minimum Gasteiger partial charge on any atom is -0.494 e. The monoisotopic (exact) mass is 1200 g/mol. The minimum atomic E-state index is -0.517. The van der Waals surface area contributed by atoms with Crippen molar-refractivity contribution in [3.63, 3.8) is 0 Å². The van der Waals surface area contributed by atoms with Gasteiger partial charge in [0.2, 0.25) is 5.88 Å². The second kappa shape index (κ2) is 34.6. The fourth-order valence-electron chi connectivity index (χ4n) is 10.6. The SMILES string of the molecule is C=CC(=O)OCCCCCCOc1ccc(OC(=O)C2CCC(OC(=O)c3ccc4c(c3)nc(Oc3ccc(OCCCCCC)cc3)c3cc(C(=O)OC5CCC(C(=O)Oc6ccc(OCCCCCCOC(=O)C=C)cc6)CC5)ccc34)CC2)cc1. The third-order valence-corrected chi connectivity index (χ3v) is 15.6. The van der Waals surface area contributed by atoms with E-state index in [1.54, 1.807) is 84.9 Å². The topological polar surface area (TPSA) is 208 Å². The number of ether oxygens (including phenoxy) is 10.